The minimum Gasteiger partial charge on any atom is -0.386 e. The number of nitrogens with one attached hydrogen (secondary N) is 1. The standard InChI is InChI=1S/C23H25F3N4O2.CH2O/c1-22(2,32)16-12-18-14(13-30(29-18)15-7-4-3-5-8-15)11-19(16)28-21(31)17-9-6-10-20(27-17)23(24,25)26;1-2/h6,9-13,15,32H,3-5,7-8H2,1-2H3,(H,28,31);1H2. The first-order valence-electron chi connectivity index (χ1n) is 10.9. The molecule has 7 nitrogen and oxygen atoms in total. The van der Waals surface area contributed by atoms with Crippen LogP contribution in [0.1, 0.15) is 73.7 Å². The van der Waals surface area contributed by atoms with Gasteiger partial charge in [-0.25, -0.2) is 4.98 Å². The van der Waals surface area contributed by atoms with Gasteiger partial charge in [-0.15, -0.1) is 0 Å². The third kappa shape index (κ3) is 5.61. The number of hydrogen-bond donors (Lipinski definition) is 2. The van der Waals surface area contributed by atoms with E-state index in [0.29, 0.717) is 22.8 Å². The topological polar surface area (TPSA) is 97.1 Å². The molecule has 0 unspecified atom stereocenters. The molecular weight excluding hydrogens is 449 g/mol. The maximum absolute atomic E-state index is 13.0. The maximum Gasteiger partial charge on any atom is 0.433 e. The van der Waals surface area contributed by atoms with Crippen LogP contribution in [0, 0.1) is 0 Å². The van der Waals surface area contributed by atoms with Gasteiger partial charge in [0, 0.05) is 22.8 Å². The molecule has 0 spiro atoms. The number of nitrogens with zero attached hydrogens (tertiary/aromatic N) is 3. The zero-order chi connectivity index (χ0) is 25.1. The van der Waals surface area contributed by atoms with Crippen LogP contribution >= 0.6 is 0 Å². The molecule has 10 heteroatoms. The van der Waals surface area contributed by atoms with Crippen LogP contribution < -0.4 is 5.32 Å². The lowest BCUT2D eigenvalue weighted by molar-refractivity contribution is -0.141. The third-order valence-electron chi connectivity index (χ3n) is 5.79. The van der Waals surface area contributed by atoms with Crippen LogP contribution in [0.3, 0.4) is 0 Å². The van der Waals surface area contributed by atoms with Crippen LogP contribution in [0.2, 0.25) is 0 Å². The van der Waals surface area contributed by atoms with Gasteiger partial charge in [0.2, 0.25) is 0 Å². The summed E-state index contributed by atoms with van der Waals surface area (Å²) in [5.74, 6) is -0.791. The highest BCUT2D eigenvalue weighted by Gasteiger charge is 2.33. The lowest BCUT2D eigenvalue weighted by Crippen LogP contribution is -2.22. The van der Waals surface area contributed by atoms with E-state index < -0.39 is 23.4 Å². The van der Waals surface area contributed by atoms with E-state index in [2.05, 4.69) is 15.4 Å². The van der Waals surface area contributed by atoms with Crippen molar-refractivity contribution in [2.24, 2.45) is 0 Å². The molecule has 2 heterocycles. The molecule has 0 atom stereocenters. The number of aliphatic hydroxyl groups is 1. The summed E-state index contributed by atoms with van der Waals surface area (Å²) in [5, 5.41) is 18.8. The minimum absolute atomic E-state index is 0.303. The molecule has 1 aromatic carbocycles. The van der Waals surface area contributed by atoms with Gasteiger partial charge in [0.1, 0.15) is 18.2 Å². The molecule has 182 valence electrons. The fourth-order valence-electron chi connectivity index (χ4n) is 4.14. The molecule has 2 N–H and O–H groups in total. The molecule has 0 radical (unpaired) electrons. The number of aromatic nitrogens is 3. The van der Waals surface area contributed by atoms with Crippen molar-refractivity contribution in [3.05, 3.63) is 53.5 Å². The largest absolute Gasteiger partial charge is 0.433 e. The second-order valence-electron chi connectivity index (χ2n) is 8.78. The number of rotatable bonds is 4. The summed E-state index contributed by atoms with van der Waals surface area (Å²) in [6.45, 7) is 5.15. The molecule has 2 aromatic heterocycles. The normalized spacial score (nSPS) is 15.0. The van der Waals surface area contributed by atoms with Crippen LogP contribution in [0.4, 0.5) is 18.9 Å². The summed E-state index contributed by atoms with van der Waals surface area (Å²) < 4.78 is 40.9. The predicted molar refractivity (Wildman–Crippen MR) is 121 cm³/mol. The van der Waals surface area contributed by atoms with E-state index in [9.17, 15) is 23.1 Å². The van der Waals surface area contributed by atoms with Gasteiger partial charge >= 0.3 is 6.18 Å². The number of fused-ring (bicyclic) bond motifs is 1. The molecule has 34 heavy (non-hydrogen) atoms. The van der Waals surface area contributed by atoms with Gasteiger partial charge in [-0.1, -0.05) is 25.3 Å². The smallest absolute Gasteiger partial charge is 0.386 e. The van der Waals surface area contributed by atoms with Crippen LogP contribution in [0.5, 0.6) is 0 Å². The van der Waals surface area contributed by atoms with Crippen LogP contribution in [-0.4, -0.2) is 32.6 Å². The van der Waals surface area contributed by atoms with E-state index in [1.54, 1.807) is 26.0 Å². The zero-order valence-corrected chi connectivity index (χ0v) is 19.0. The van der Waals surface area contributed by atoms with Gasteiger partial charge in [0.05, 0.1) is 17.2 Å². The van der Waals surface area contributed by atoms with Gasteiger partial charge in [-0.2, -0.15) is 18.3 Å². The fraction of sp³-hybridized carbons (Fsp3) is 0.417. The number of alkyl halides is 3. The molecule has 0 aliphatic heterocycles. The number of halogens is 3. The monoisotopic (exact) mass is 476 g/mol. The number of carbonyl (C=O) groups excluding carboxylic acids is 2. The lowest BCUT2D eigenvalue weighted by atomic mass is 9.95. The molecule has 0 bridgehead atoms. The Morgan fingerprint density at radius 1 is 1.15 bits per heavy atom. The molecule has 1 aliphatic carbocycles. The molecule has 1 saturated carbocycles. The summed E-state index contributed by atoms with van der Waals surface area (Å²) in [4.78, 5) is 24.2. The maximum atomic E-state index is 13.0. The number of hydrogen-bond acceptors (Lipinski definition) is 5. The molecule has 3 aromatic rings. The highest BCUT2D eigenvalue weighted by atomic mass is 19.4. The second kappa shape index (κ2) is 9.92. The van der Waals surface area contributed by atoms with Crippen molar-refractivity contribution in [1.82, 2.24) is 14.8 Å². The number of amides is 1. The Kier molecular flexibility index (Phi) is 7.40. The van der Waals surface area contributed by atoms with Gasteiger partial charge in [-0.05, 0) is 51.0 Å². The van der Waals surface area contributed by atoms with Crippen molar-refractivity contribution in [3.8, 4) is 0 Å². The summed E-state index contributed by atoms with van der Waals surface area (Å²) in [6, 6.07) is 6.89. The average molecular weight is 476 g/mol. The van der Waals surface area contributed by atoms with Gasteiger partial charge < -0.3 is 15.2 Å². The van der Waals surface area contributed by atoms with Crippen molar-refractivity contribution in [2.75, 3.05) is 5.32 Å². The minimum atomic E-state index is -4.65. The van der Waals surface area contributed by atoms with Crippen LogP contribution in [-0.2, 0) is 16.6 Å². The highest BCUT2D eigenvalue weighted by Crippen LogP contribution is 2.34. The Labute approximate surface area is 195 Å². The second-order valence-corrected chi connectivity index (χ2v) is 8.78. The summed E-state index contributed by atoms with van der Waals surface area (Å²) >= 11 is 0. The number of anilines is 1. The van der Waals surface area contributed by atoms with Crippen LogP contribution in [0.25, 0.3) is 10.9 Å². The Morgan fingerprint density at radius 3 is 2.44 bits per heavy atom. The first-order valence-corrected chi connectivity index (χ1v) is 10.9. The van der Waals surface area contributed by atoms with Gasteiger partial charge in [0.15, 0.2) is 0 Å². The highest BCUT2D eigenvalue weighted by molar-refractivity contribution is 6.04. The van der Waals surface area contributed by atoms with Crippen molar-refractivity contribution in [2.45, 2.75) is 63.8 Å². The number of pyridine rings is 1. The lowest BCUT2D eigenvalue weighted by Gasteiger charge is -2.22. The molecule has 1 aliphatic rings. The van der Waals surface area contributed by atoms with Crippen molar-refractivity contribution >= 4 is 29.3 Å². The van der Waals surface area contributed by atoms with Crippen molar-refractivity contribution < 1.29 is 27.9 Å². The van der Waals surface area contributed by atoms with E-state index >= 15 is 0 Å². The summed E-state index contributed by atoms with van der Waals surface area (Å²) in [6.07, 6.45) is 2.90. The quantitative estimate of drug-likeness (QED) is 0.536. The van der Waals surface area contributed by atoms with Crippen molar-refractivity contribution in [1.29, 1.82) is 0 Å². The van der Waals surface area contributed by atoms with Crippen LogP contribution in [0.15, 0.2) is 36.5 Å². The fourth-order valence-corrected chi connectivity index (χ4v) is 4.14. The first-order chi connectivity index (χ1) is 16.0. The number of carbonyl (C=O) groups is 2. The van der Waals surface area contributed by atoms with E-state index in [1.807, 2.05) is 17.7 Å². The third-order valence-corrected chi connectivity index (χ3v) is 5.79. The molecule has 0 saturated heterocycles. The molecule has 4 rings (SSSR count). The van der Waals surface area contributed by atoms with Crippen molar-refractivity contribution in [3.63, 3.8) is 0 Å². The SMILES string of the molecule is C=O.CC(C)(O)c1cc2nn(C3CCCCC3)cc2cc1NC(=O)c1cccc(C(F)(F)F)n1. The average Bonchev–Trinajstić information content (AvgIpc) is 3.22. The summed E-state index contributed by atoms with van der Waals surface area (Å²) in [5.41, 5.74) is -1.41. The number of benzene rings is 1. The molecule has 1 fully saturated rings. The van der Waals surface area contributed by atoms with Gasteiger partial charge in [-0.3, -0.25) is 9.48 Å². The first kappa shape index (κ1) is 25.4. The van der Waals surface area contributed by atoms with Gasteiger partial charge in [0.25, 0.3) is 5.91 Å². The molecule has 1 amide bonds. The van der Waals surface area contributed by atoms with E-state index in [1.165, 1.54) is 12.5 Å². The Balaban J connectivity index is 0.00000158. The van der Waals surface area contributed by atoms with E-state index in [-0.39, 0.29) is 5.69 Å². The van der Waals surface area contributed by atoms with E-state index in [4.69, 9.17) is 4.79 Å². The summed E-state index contributed by atoms with van der Waals surface area (Å²) in [7, 11) is 0. The Hall–Kier alpha value is -3.27. The Bertz CT molecular complexity index is 1160. The van der Waals surface area contributed by atoms with E-state index in [0.717, 1.165) is 43.2 Å². The predicted octanol–water partition coefficient (Wildman–Crippen LogP) is 5.25. The Morgan fingerprint density at radius 2 is 1.82 bits per heavy atom. The molecular formula is C24H27F3N4O3. The zero-order valence-electron chi connectivity index (χ0n) is 19.0.